The number of ether oxygens (including phenoxy) is 1. The highest BCUT2D eigenvalue weighted by Gasteiger charge is 2.15. The fourth-order valence-corrected chi connectivity index (χ4v) is 2.99. The number of benzene rings is 2. The Morgan fingerprint density at radius 2 is 1.77 bits per heavy atom. The summed E-state index contributed by atoms with van der Waals surface area (Å²) in [5, 5.41) is 10.3. The van der Waals surface area contributed by atoms with E-state index in [4.69, 9.17) is 9.84 Å². The molecule has 0 radical (unpaired) electrons. The Kier molecular flexibility index (Phi) is 7.34. The zero-order valence-electron chi connectivity index (χ0n) is 17.2. The summed E-state index contributed by atoms with van der Waals surface area (Å²) in [6.07, 6.45) is 0.193. The standard InChI is InChI=1S/C23H26N4O3/c1-17-7-6-10-19(15-17)27-21(16-20(26-27)18-8-4-3-5-9-18)25-23(29)12-11-22(28)24-13-14-30-2/h3-10,15-16H,11-14H2,1-2H3,(H,24,28)(H,25,29). The average molecular weight is 406 g/mol. The Morgan fingerprint density at radius 3 is 2.50 bits per heavy atom. The summed E-state index contributed by atoms with van der Waals surface area (Å²) in [5.74, 6) is 0.133. The van der Waals surface area contributed by atoms with Crippen LogP contribution in [0.15, 0.2) is 60.7 Å². The quantitative estimate of drug-likeness (QED) is 0.534. The molecule has 0 aliphatic carbocycles. The van der Waals surface area contributed by atoms with E-state index in [9.17, 15) is 9.59 Å². The Hall–Kier alpha value is -3.45. The minimum absolute atomic E-state index is 0.0818. The highest BCUT2D eigenvalue weighted by atomic mass is 16.5. The molecule has 0 unspecified atom stereocenters. The van der Waals surface area contributed by atoms with Crippen molar-refractivity contribution < 1.29 is 14.3 Å². The van der Waals surface area contributed by atoms with Gasteiger partial charge in [0.15, 0.2) is 0 Å². The number of aromatic nitrogens is 2. The lowest BCUT2D eigenvalue weighted by Crippen LogP contribution is -2.28. The molecule has 7 nitrogen and oxygen atoms in total. The van der Waals surface area contributed by atoms with Crippen LogP contribution in [0.5, 0.6) is 0 Å². The molecule has 2 amide bonds. The molecule has 0 aliphatic rings. The monoisotopic (exact) mass is 406 g/mol. The van der Waals surface area contributed by atoms with E-state index >= 15 is 0 Å². The fourth-order valence-electron chi connectivity index (χ4n) is 2.99. The number of nitrogens with one attached hydrogen (secondary N) is 2. The molecule has 30 heavy (non-hydrogen) atoms. The van der Waals surface area contributed by atoms with Crippen LogP contribution < -0.4 is 10.6 Å². The van der Waals surface area contributed by atoms with Crippen molar-refractivity contribution in [1.29, 1.82) is 0 Å². The van der Waals surface area contributed by atoms with Crippen molar-refractivity contribution in [2.45, 2.75) is 19.8 Å². The zero-order chi connectivity index (χ0) is 21.3. The smallest absolute Gasteiger partial charge is 0.226 e. The van der Waals surface area contributed by atoms with Gasteiger partial charge in [-0.25, -0.2) is 4.68 Å². The molecule has 0 fully saturated rings. The molecule has 156 valence electrons. The van der Waals surface area contributed by atoms with Crippen LogP contribution in [0.1, 0.15) is 18.4 Å². The Balaban J connectivity index is 1.76. The van der Waals surface area contributed by atoms with E-state index in [-0.39, 0.29) is 24.7 Å². The van der Waals surface area contributed by atoms with E-state index in [0.717, 1.165) is 22.5 Å². The van der Waals surface area contributed by atoms with Crippen LogP contribution in [0.4, 0.5) is 5.82 Å². The summed E-state index contributed by atoms with van der Waals surface area (Å²) >= 11 is 0. The van der Waals surface area contributed by atoms with Gasteiger partial charge in [0.1, 0.15) is 5.82 Å². The average Bonchev–Trinajstić information content (AvgIpc) is 3.17. The number of methoxy groups -OCH3 is 1. The first kappa shape index (κ1) is 21.3. The molecule has 0 aliphatic heterocycles. The molecule has 0 saturated heterocycles. The van der Waals surface area contributed by atoms with Crippen LogP contribution >= 0.6 is 0 Å². The zero-order valence-corrected chi connectivity index (χ0v) is 17.2. The number of hydrogen-bond acceptors (Lipinski definition) is 4. The van der Waals surface area contributed by atoms with E-state index in [1.54, 1.807) is 11.8 Å². The number of carbonyl (C=O) groups excluding carboxylic acids is 2. The Morgan fingerprint density at radius 1 is 1.00 bits per heavy atom. The maximum atomic E-state index is 12.5. The van der Waals surface area contributed by atoms with Crippen molar-refractivity contribution in [1.82, 2.24) is 15.1 Å². The van der Waals surface area contributed by atoms with Crippen molar-refractivity contribution in [3.63, 3.8) is 0 Å². The minimum Gasteiger partial charge on any atom is -0.383 e. The molecule has 0 bridgehead atoms. The summed E-state index contributed by atoms with van der Waals surface area (Å²) in [6.45, 7) is 2.87. The molecular weight excluding hydrogens is 380 g/mol. The topological polar surface area (TPSA) is 85.2 Å². The molecule has 3 aromatic rings. The van der Waals surface area contributed by atoms with Crippen LogP contribution in [0.25, 0.3) is 16.9 Å². The second kappa shape index (κ2) is 10.4. The maximum absolute atomic E-state index is 12.5. The second-order valence-corrected chi connectivity index (χ2v) is 6.92. The molecular formula is C23H26N4O3. The molecule has 1 aromatic heterocycles. The molecule has 0 atom stereocenters. The predicted octanol–water partition coefficient (Wildman–Crippen LogP) is 3.33. The highest BCUT2D eigenvalue weighted by Crippen LogP contribution is 2.25. The normalized spacial score (nSPS) is 10.6. The van der Waals surface area contributed by atoms with Crippen LogP contribution in [-0.4, -0.2) is 41.9 Å². The fraction of sp³-hybridized carbons (Fsp3) is 0.261. The van der Waals surface area contributed by atoms with Gasteiger partial charge in [-0.3, -0.25) is 9.59 Å². The van der Waals surface area contributed by atoms with Gasteiger partial charge < -0.3 is 15.4 Å². The first-order chi connectivity index (χ1) is 14.6. The van der Waals surface area contributed by atoms with Gasteiger partial charge in [0.05, 0.1) is 18.0 Å². The largest absolute Gasteiger partial charge is 0.383 e. The Bertz CT molecular complexity index is 999. The second-order valence-electron chi connectivity index (χ2n) is 6.92. The molecule has 3 rings (SSSR count). The van der Waals surface area contributed by atoms with Crippen molar-refractivity contribution in [2.24, 2.45) is 0 Å². The summed E-state index contributed by atoms with van der Waals surface area (Å²) in [5.41, 5.74) is 3.65. The summed E-state index contributed by atoms with van der Waals surface area (Å²) in [4.78, 5) is 24.3. The minimum atomic E-state index is -0.245. The Labute approximate surface area is 176 Å². The molecule has 2 N–H and O–H groups in total. The third kappa shape index (κ3) is 5.78. The van der Waals surface area contributed by atoms with E-state index in [1.165, 1.54) is 0 Å². The van der Waals surface area contributed by atoms with Gasteiger partial charge in [-0.2, -0.15) is 5.10 Å². The van der Waals surface area contributed by atoms with E-state index in [1.807, 2.05) is 67.6 Å². The number of nitrogens with zero attached hydrogens (tertiary/aromatic N) is 2. The van der Waals surface area contributed by atoms with Gasteiger partial charge in [-0.1, -0.05) is 42.5 Å². The van der Waals surface area contributed by atoms with E-state index < -0.39 is 0 Å². The predicted molar refractivity (Wildman–Crippen MR) is 116 cm³/mol. The van der Waals surface area contributed by atoms with Crippen molar-refractivity contribution in [2.75, 3.05) is 25.6 Å². The van der Waals surface area contributed by atoms with Gasteiger partial charge in [-0.15, -0.1) is 0 Å². The van der Waals surface area contributed by atoms with Crippen molar-refractivity contribution in [3.8, 4) is 16.9 Å². The lowest BCUT2D eigenvalue weighted by Gasteiger charge is -2.09. The number of carbonyl (C=O) groups is 2. The molecule has 0 spiro atoms. The highest BCUT2D eigenvalue weighted by molar-refractivity contribution is 5.93. The molecule has 1 heterocycles. The first-order valence-electron chi connectivity index (χ1n) is 9.85. The summed E-state index contributed by atoms with van der Waals surface area (Å²) in [7, 11) is 1.57. The number of aryl methyl sites for hydroxylation is 1. The van der Waals surface area contributed by atoms with Gasteiger partial charge in [0.2, 0.25) is 11.8 Å². The molecule has 7 heteroatoms. The van der Waals surface area contributed by atoms with Crippen molar-refractivity contribution >= 4 is 17.6 Å². The number of hydrogen-bond donors (Lipinski definition) is 2. The summed E-state index contributed by atoms with van der Waals surface area (Å²) in [6, 6.07) is 19.5. The number of amides is 2. The lowest BCUT2D eigenvalue weighted by atomic mass is 10.1. The van der Waals surface area contributed by atoms with Gasteiger partial charge in [0, 0.05) is 38.1 Å². The third-order valence-electron chi connectivity index (χ3n) is 4.50. The molecule has 0 saturated carbocycles. The van der Waals surface area contributed by atoms with E-state index in [0.29, 0.717) is 19.0 Å². The maximum Gasteiger partial charge on any atom is 0.226 e. The SMILES string of the molecule is COCCNC(=O)CCC(=O)Nc1cc(-c2ccccc2)nn1-c1cccc(C)c1. The van der Waals surface area contributed by atoms with Crippen molar-refractivity contribution in [3.05, 3.63) is 66.2 Å². The van der Waals surface area contributed by atoms with E-state index in [2.05, 4.69) is 10.6 Å². The number of anilines is 1. The first-order valence-corrected chi connectivity index (χ1v) is 9.85. The van der Waals surface area contributed by atoms with Gasteiger partial charge >= 0.3 is 0 Å². The van der Waals surface area contributed by atoms with Crippen LogP contribution in [-0.2, 0) is 14.3 Å². The van der Waals surface area contributed by atoms with Crippen LogP contribution in [0.2, 0.25) is 0 Å². The number of rotatable bonds is 9. The van der Waals surface area contributed by atoms with Gasteiger partial charge in [-0.05, 0) is 24.6 Å². The summed E-state index contributed by atoms with van der Waals surface area (Å²) < 4.78 is 6.61. The molecule has 2 aromatic carbocycles. The van der Waals surface area contributed by atoms with Crippen LogP contribution in [0, 0.1) is 6.92 Å². The lowest BCUT2D eigenvalue weighted by molar-refractivity contribution is -0.124. The van der Waals surface area contributed by atoms with Gasteiger partial charge in [0.25, 0.3) is 0 Å². The van der Waals surface area contributed by atoms with Crippen LogP contribution in [0.3, 0.4) is 0 Å². The third-order valence-corrected chi connectivity index (χ3v) is 4.50.